The normalized spacial score (nSPS) is 16.8. The van der Waals surface area contributed by atoms with Gasteiger partial charge in [-0.3, -0.25) is 14.5 Å². The Labute approximate surface area is 231 Å². The van der Waals surface area contributed by atoms with E-state index in [1.165, 1.54) is 6.33 Å². The van der Waals surface area contributed by atoms with Crippen LogP contribution in [0, 0.1) is 0 Å². The molecule has 40 heavy (non-hydrogen) atoms. The van der Waals surface area contributed by atoms with Crippen molar-refractivity contribution in [1.29, 1.82) is 0 Å². The number of amides is 2. The van der Waals surface area contributed by atoms with Gasteiger partial charge in [-0.1, -0.05) is 30.3 Å². The molecule has 2 aromatic heterocycles. The van der Waals surface area contributed by atoms with Crippen LogP contribution in [0.2, 0.25) is 0 Å². The Morgan fingerprint density at radius 2 is 1.82 bits per heavy atom. The highest BCUT2D eigenvalue weighted by Gasteiger charge is 2.36. The van der Waals surface area contributed by atoms with Gasteiger partial charge in [-0.2, -0.15) is 5.10 Å². The molecule has 0 saturated heterocycles. The third-order valence-electron chi connectivity index (χ3n) is 7.30. The molecule has 1 saturated carbocycles. The topological polar surface area (TPSA) is 116 Å². The molecule has 1 aliphatic carbocycles. The van der Waals surface area contributed by atoms with E-state index in [9.17, 15) is 9.59 Å². The number of aromatic nitrogens is 5. The smallest absolute Gasteiger partial charge is 0.291 e. The van der Waals surface area contributed by atoms with E-state index < -0.39 is 11.9 Å². The van der Waals surface area contributed by atoms with Crippen molar-refractivity contribution in [1.82, 2.24) is 29.9 Å². The van der Waals surface area contributed by atoms with Crippen molar-refractivity contribution in [2.45, 2.75) is 50.9 Å². The molecular weight excluding hydrogens is 510 g/mol. The molecule has 2 amide bonds. The van der Waals surface area contributed by atoms with E-state index in [1.807, 2.05) is 53.2 Å². The summed E-state index contributed by atoms with van der Waals surface area (Å²) < 4.78 is 14.4. The molecule has 1 atom stereocenters. The zero-order chi connectivity index (χ0) is 27.6. The first-order valence-electron chi connectivity index (χ1n) is 13.4. The van der Waals surface area contributed by atoms with Gasteiger partial charge in [0, 0.05) is 30.2 Å². The maximum atomic E-state index is 14.0. The Morgan fingerprint density at radius 1 is 1.00 bits per heavy atom. The van der Waals surface area contributed by atoms with Crippen LogP contribution in [-0.4, -0.2) is 56.6 Å². The third kappa shape index (κ3) is 5.27. The van der Waals surface area contributed by atoms with Crippen LogP contribution in [0.4, 0.5) is 5.82 Å². The number of fused-ring (bicyclic) bond motifs is 1. The van der Waals surface area contributed by atoms with Crippen molar-refractivity contribution in [2.24, 2.45) is 0 Å². The molecule has 1 aliphatic heterocycles. The van der Waals surface area contributed by atoms with E-state index in [0.717, 1.165) is 29.7 Å². The van der Waals surface area contributed by atoms with Gasteiger partial charge < -0.3 is 14.8 Å². The van der Waals surface area contributed by atoms with Gasteiger partial charge >= 0.3 is 0 Å². The van der Waals surface area contributed by atoms with Crippen molar-refractivity contribution >= 4 is 17.6 Å². The van der Waals surface area contributed by atoms with Gasteiger partial charge in [-0.05, 0) is 37.0 Å². The molecule has 3 heterocycles. The molecule has 4 aromatic rings. The van der Waals surface area contributed by atoms with E-state index in [-0.39, 0.29) is 18.3 Å². The SMILES string of the molecule is COc1ccc(CN2C(=O)C(NC(=O)c3ncn(Cc4ccccc4)n3)CCn3nc(C4CC4)cc32)c(OC)c1. The van der Waals surface area contributed by atoms with Crippen molar-refractivity contribution in [3.05, 3.63) is 83.6 Å². The average molecular weight is 542 g/mol. The van der Waals surface area contributed by atoms with Crippen molar-refractivity contribution in [3.63, 3.8) is 0 Å². The number of nitrogens with one attached hydrogen (secondary N) is 1. The summed E-state index contributed by atoms with van der Waals surface area (Å²) >= 11 is 0. The Balaban J connectivity index is 1.24. The minimum absolute atomic E-state index is 0.0186. The molecule has 2 aromatic carbocycles. The number of ether oxygens (including phenoxy) is 2. The highest BCUT2D eigenvalue weighted by Crippen LogP contribution is 2.41. The summed E-state index contributed by atoms with van der Waals surface area (Å²) in [5.41, 5.74) is 2.86. The number of nitrogens with zero attached hydrogens (tertiary/aromatic N) is 6. The minimum atomic E-state index is -0.774. The first-order valence-corrected chi connectivity index (χ1v) is 13.4. The zero-order valence-electron chi connectivity index (χ0n) is 22.5. The number of hydrogen-bond donors (Lipinski definition) is 1. The van der Waals surface area contributed by atoms with Crippen LogP contribution < -0.4 is 19.7 Å². The van der Waals surface area contributed by atoms with Gasteiger partial charge in [0.15, 0.2) is 0 Å². The summed E-state index contributed by atoms with van der Waals surface area (Å²) in [6, 6.07) is 16.5. The second kappa shape index (κ2) is 10.8. The van der Waals surface area contributed by atoms with Crippen molar-refractivity contribution < 1.29 is 19.1 Å². The van der Waals surface area contributed by atoms with Crippen LogP contribution >= 0.6 is 0 Å². The third-order valence-corrected chi connectivity index (χ3v) is 7.30. The maximum Gasteiger partial charge on any atom is 0.291 e. The minimum Gasteiger partial charge on any atom is -0.497 e. The molecule has 6 rings (SSSR count). The van der Waals surface area contributed by atoms with Crippen LogP contribution in [-0.2, 0) is 24.4 Å². The van der Waals surface area contributed by atoms with Crippen LogP contribution in [0.25, 0.3) is 0 Å². The van der Waals surface area contributed by atoms with E-state index in [1.54, 1.807) is 29.9 Å². The molecule has 1 N–H and O–H groups in total. The fraction of sp³-hybridized carbons (Fsp3) is 0.345. The number of methoxy groups -OCH3 is 2. The Bertz CT molecular complexity index is 1530. The van der Waals surface area contributed by atoms with Gasteiger partial charge in [0.05, 0.1) is 33.0 Å². The molecule has 0 radical (unpaired) electrons. The van der Waals surface area contributed by atoms with Crippen LogP contribution in [0.5, 0.6) is 11.5 Å². The first kappa shape index (κ1) is 25.6. The first-order chi connectivity index (χ1) is 19.5. The number of aryl methyl sites for hydroxylation is 1. The number of hydrogen-bond acceptors (Lipinski definition) is 7. The average Bonchev–Trinajstić information content (AvgIpc) is 3.61. The lowest BCUT2D eigenvalue weighted by Crippen LogP contribution is -2.48. The Hall–Kier alpha value is -4.67. The van der Waals surface area contributed by atoms with Crippen LogP contribution in [0.1, 0.15) is 52.6 Å². The summed E-state index contributed by atoms with van der Waals surface area (Å²) in [4.78, 5) is 33.0. The molecule has 0 spiro atoms. The zero-order valence-corrected chi connectivity index (χ0v) is 22.5. The second-order valence-corrected chi connectivity index (χ2v) is 10.1. The molecule has 0 bridgehead atoms. The van der Waals surface area contributed by atoms with E-state index >= 15 is 0 Å². The van der Waals surface area contributed by atoms with Gasteiger partial charge in [-0.25, -0.2) is 14.3 Å². The molecule has 1 fully saturated rings. The van der Waals surface area contributed by atoms with E-state index in [2.05, 4.69) is 15.4 Å². The number of anilines is 1. The molecule has 2 aliphatic rings. The predicted molar refractivity (Wildman–Crippen MR) is 146 cm³/mol. The van der Waals surface area contributed by atoms with E-state index in [4.69, 9.17) is 14.6 Å². The molecule has 11 nitrogen and oxygen atoms in total. The number of carbonyl (C=O) groups is 2. The lowest BCUT2D eigenvalue weighted by Gasteiger charge is -2.25. The fourth-order valence-electron chi connectivity index (χ4n) is 4.98. The van der Waals surface area contributed by atoms with Crippen LogP contribution in [0.15, 0.2) is 60.9 Å². The van der Waals surface area contributed by atoms with Crippen molar-refractivity contribution in [3.8, 4) is 11.5 Å². The molecule has 11 heteroatoms. The summed E-state index contributed by atoms with van der Waals surface area (Å²) in [6.45, 7) is 1.23. The van der Waals surface area contributed by atoms with Crippen molar-refractivity contribution in [2.75, 3.05) is 19.1 Å². The summed E-state index contributed by atoms with van der Waals surface area (Å²) in [5, 5.41) is 12.0. The molecular formula is C29H31N7O4. The summed E-state index contributed by atoms with van der Waals surface area (Å²) in [6.07, 6.45) is 4.14. The monoisotopic (exact) mass is 541 g/mol. The number of carbonyl (C=O) groups excluding carboxylic acids is 2. The number of benzene rings is 2. The Morgan fingerprint density at radius 3 is 2.58 bits per heavy atom. The van der Waals surface area contributed by atoms with Gasteiger partial charge in [-0.15, -0.1) is 5.10 Å². The van der Waals surface area contributed by atoms with E-state index in [0.29, 0.717) is 42.7 Å². The lowest BCUT2D eigenvalue weighted by molar-refractivity contribution is -0.120. The second-order valence-electron chi connectivity index (χ2n) is 10.1. The largest absolute Gasteiger partial charge is 0.497 e. The summed E-state index contributed by atoms with van der Waals surface area (Å²) in [7, 11) is 3.18. The van der Waals surface area contributed by atoms with Gasteiger partial charge in [0.25, 0.3) is 11.8 Å². The fourth-order valence-corrected chi connectivity index (χ4v) is 4.98. The quantitative estimate of drug-likeness (QED) is 0.346. The van der Waals surface area contributed by atoms with Gasteiger partial charge in [0.2, 0.25) is 5.82 Å². The summed E-state index contributed by atoms with van der Waals surface area (Å²) in [5.74, 6) is 1.73. The molecule has 1 unspecified atom stereocenters. The highest BCUT2D eigenvalue weighted by molar-refractivity contribution is 6.01. The lowest BCUT2D eigenvalue weighted by atomic mass is 10.1. The predicted octanol–water partition coefficient (Wildman–Crippen LogP) is 3.15. The van der Waals surface area contributed by atoms with Gasteiger partial charge in [0.1, 0.15) is 29.7 Å². The highest BCUT2D eigenvalue weighted by atomic mass is 16.5. The molecule has 206 valence electrons. The standard InChI is InChI=1S/C29H31N7O4/c1-39-22-11-10-21(25(14-22)40-2)17-35-26-15-24(20-8-9-20)32-36(26)13-12-23(29(35)38)31-28(37)27-30-18-34(33-27)16-19-6-4-3-5-7-19/h3-7,10-11,14-15,18,20,23H,8-9,12-13,16-17H2,1-2H3,(H,31,37). The number of rotatable bonds is 9. The maximum absolute atomic E-state index is 14.0. The Kier molecular flexibility index (Phi) is 6.93. The van der Waals surface area contributed by atoms with Crippen LogP contribution in [0.3, 0.4) is 0 Å².